The molecule has 1 heterocycles. The third-order valence-electron chi connectivity index (χ3n) is 2.86. The summed E-state index contributed by atoms with van der Waals surface area (Å²) in [5.41, 5.74) is 2.25. The molecule has 7 nitrogen and oxygen atoms in total. The molecule has 0 radical (unpaired) electrons. The third kappa shape index (κ3) is 5.36. The molecule has 25 heavy (non-hydrogen) atoms. The number of rotatable bonds is 4. The zero-order valence-corrected chi connectivity index (χ0v) is 14.6. The number of ether oxygens (including phenoxy) is 1. The first kappa shape index (κ1) is 18.5. The summed E-state index contributed by atoms with van der Waals surface area (Å²) in [6, 6.07) is 7.83. The quantitative estimate of drug-likeness (QED) is 0.626. The number of carboxylic acids is 1. The molecule has 2 N–H and O–H groups in total. The van der Waals surface area contributed by atoms with Gasteiger partial charge in [0.15, 0.2) is 0 Å². The van der Waals surface area contributed by atoms with E-state index < -0.39 is 17.7 Å². The van der Waals surface area contributed by atoms with E-state index in [0.717, 1.165) is 0 Å². The van der Waals surface area contributed by atoms with Gasteiger partial charge in [-0.25, -0.2) is 15.0 Å². The van der Waals surface area contributed by atoms with E-state index in [1.165, 1.54) is 18.3 Å². The Balaban J connectivity index is 2.05. The van der Waals surface area contributed by atoms with Gasteiger partial charge in [-0.2, -0.15) is 5.10 Å². The van der Waals surface area contributed by atoms with Gasteiger partial charge in [0.2, 0.25) is 0 Å². The number of carboxylic acid groups (broad SMARTS) is 1. The number of carbonyl (C=O) groups is 2. The molecule has 1 aromatic carbocycles. The van der Waals surface area contributed by atoms with Gasteiger partial charge in [-0.05, 0) is 45.0 Å². The van der Waals surface area contributed by atoms with Crippen molar-refractivity contribution in [2.45, 2.75) is 26.4 Å². The van der Waals surface area contributed by atoms with E-state index >= 15 is 0 Å². The summed E-state index contributed by atoms with van der Waals surface area (Å²) in [6.45, 7) is 5.24. The van der Waals surface area contributed by atoms with Crippen molar-refractivity contribution in [3.8, 4) is 11.3 Å². The van der Waals surface area contributed by atoms with Crippen LogP contribution in [0.15, 0.2) is 39.9 Å². The lowest BCUT2D eigenvalue weighted by Crippen LogP contribution is -2.29. The van der Waals surface area contributed by atoms with Gasteiger partial charge in [0.05, 0.1) is 16.8 Å². The van der Waals surface area contributed by atoms with Gasteiger partial charge in [-0.3, -0.25) is 0 Å². The van der Waals surface area contributed by atoms with Crippen LogP contribution in [0.5, 0.6) is 0 Å². The van der Waals surface area contributed by atoms with Crippen LogP contribution in [0.25, 0.3) is 11.3 Å². The minimum atomic E-state index is -1.10. The second-order valence-electron chi connectivity index (χ2n) is 6.07. The highest BCUT2D eigenvalue weighted by molar-refractivity contribution is 6.33. The summed E-state index contributed by atoms with van der Waals surface area (Å²) in [4.78, 5) is 22.4. The van der Waals surface area contributed by atoms with Crippen LogP contribution < -0.4 is 5.43 Å². The van der Waals surface area contributed by atoms with Gasteiger partial charge in [0.25, 0.3) is 0 Å². The molecule has 0 aliphatic heterocycles. The molecule has 8 heteroatoms. The average molecular weight is 365 g/mol. The molecule has 2 rings (SSSR count). The van der Waals surface area contributed by atoms with Crippen molar-refractivity contribution in [3.05, 3.63) is 46.7 Å². The Bertz CT molecular complexity index is 821. The summed E-state index contributed by atoms with van der Waals surface area (Å²) < 4.78 is 10.6. The topological polar surface area (TPSA) is 101 Å². The number of furan rings is 1. The van der Waals surface area contributed by atoms with Gasteiger partial charge in [0, 0.05) is 5.56 Å². The molecule has 0 saturated heterocycles. The van der Waals surface area contributed by atoms with Crippen molar-refractivity contribution in [2.75, 3.05) is 0 Å². The number of amides is 1. The number of hydrazone groups is 1. The van der Waals surface area contributed by atoms with Crippen molar-refractivity contribution in [3.63, 3.8) is 0 Å². The average Bonchev–Trinajstić information content (AvgIpc) is 2.93. The van der Waals surface area contributed by atoms with Crippen LogP contribution in [0.2, 0.25) is 5.02 Å². The smallest absolute Gasteiger partial charge is 0.428 e. The predicted octanol–water partition coefficient (Wildman–Crippen LogP) is 4.16. The lowest BCUT2D eigenvalue weighted by Gasteiger charge is -2.18. The molecule has 0 saturated carbocycles. The fourth-order valence-corrected chi connectivity index (χ4v) is 2.13. The number of carbonyl (C=O) groups excluding carboxylic acids is 1. The number of aromatic carboxylic acids is 1. The van der Waals surface area contributed by atoms with Crippen molar-refractivity contribution >= 4 is 29.9 Å². The first-order valence-electron chi connectivity index (χ1n) is 7.31. The molecular formula is C17H17ClN2O5. The van der Waals surface area contributed by atoms with Gasteiger partial charge in [0.1, 0.15) is 17.1 Å². The van der Waals surface area contributed by atoms with E-state index in [9.17, 15) is 9.59 Å². The van der Waals surface area contributed by atoms with Crippen molar-refractivity contribution < 1.29 is 23.8 Å². The zero-order chi connectivity index (χ0) is 18.6. The Hall–Kier alpha value is -2.80. The standard InChI is InChI=1S/C17H17ClN2O5/c1-17(2,3)25-16(23)20-19-9-11-5-7-14(24-11)10-4-6-12(15(21)22)13(18)8-10/h4-9H,1-3H3,(H,20,23)(H,21,22)/b19-9-. The molecule has 1 aromatic heterocycles. The van der Waals surface area contributed by atoms with Crippen LogP contribution in [-0.2, 0) is 4.74 Å². The Morgan fingerprint density at radius 3 is 2.60 bits per heavy atom. The van der Waals surface area contributed by atoms with Gasteiger partial charge in [-0.15, -0.1) is 0 Å². The minimum absolute atomic E-state index is 0.0142. The molecule has 0 spiro atoms. The Morgan fingerprint density at radius 2 is 2.00 bits per heavy atom. The van der Waals surface area contributed by atoms with Crippen LogP contribution >= 0.6 is 11.6 Å². The summed E-state index contributed by atoms with van der Waals surface area (Å²) in [7, 11) is 0. The lowest BCUT2D eigenvalue weighted by molar-refractivity contribution is 0.0529. The summed E-state index contributed by atoms with van der Waals surface area (Å²) in [6.07, 6.45) is 0.646. The van der Waals surface area contributed by atoms with E-state index in [1.54, 1.807) is 39.0 Å². The molecular weight excluding hydrogens is 348 g/mol. The summed E-state index contributed by atoms with van der Waals surface area (Å²) in [5.74, 6) is -0.223. The Labute approximate surface area is 149 Å². The maximum absolute atomic E-state index is 11.5. The molecule has 0 unspecified atom stereocenters. The largest absolute Gasteiger partial charge is 0.478 e. The number of nitrogens with one attached hydrogen (secondary N) is 1. The van der Waals surface area contributed by atoms with Crippen LogP contribution in [0.4, 0.5) is 4.79 Å². The molecule has 1 amide bonds. The minimum Gasteiger partial charge on any atom is -0.478 e. The SMILES string of the molecule is CC(C)(C)OC(=O)N/N=C\c1ccc(-c2ccc(C(=O)O)c(Cl)c2)o1. The molecule has 0 bridgehead atoms. The molecule has 0 aliphatic rings. The maximum Gasteiger partial charge on any atom is 0.428 e. The van der Waals surface area contributed by atoms with E-state index in [1.807, 2.05) is 0 Å². The normalized spacial score (nSPS) is 11.5. The Kier molecular flexibility index (Phi) is 5.48. The summed E-state index contributed by atoms with van der Waals surface area (Å²) in [5, 5.41) is 12.8. The van der Waals surface area contributed by atoms with Crippen LogP contribution in [0, 0.1) is 0 Å². The van der Waals surface area contributed by atoms with Gasteiger partial charge < -0.3 is 14.3 Å². The highest BCUT2D eigenvalue weighted by Gasteiger charge is 2.15. The van der Waals surface area contributed by atoms with Gasteiger partial charge >= 0.3 is 12.1 Å². The Morgan fingerprint density at radius 1 is 1.28 bits per heavy atom. The fourth-order valence-electron chi connectivity index (χ4n) is 1.87. The molecule has 0 atom stereocenters. The molecule has 132 valence electrons. The van der Waals surface area contributed by atoms with Crippen molar-refractivity contribution in [1.82, 2.24) is 5.43 Å². The van der Waals surface area contributed by atoms with E-state index in [-0.39, 0.29) is 10.6 Å². The van der Waals surface area contributed by atoms with Gasteiger partial charge in [-0.1, -0.05) is 17.7 Å². The van der Waals surface area contributed by atoms with E-state index in [4.69, 9.17) is 25.9 Å². The number of halogens is 1. The highest BCUT2D eigenvalue weighted by Crippen LogP contribution is 2.27. The number of benzene rings is 1. The molecule has 0 aliphatic carbocycles. The maximum atomic E-state index is 11.5. The second kappa shape index (κ2) is 7.40. The van der Waals surface area contributed by atoms with Crippen molar-refractivity contribution in [2.24, 2.45) is 5.10 Å². The fraction of sp³-hybridized carbons (Fsp3) is 0.235. The third-order valence-corrected chi connectivity index (χ3v) is 3.17. The first-order valence-corrected chi connectivity index (χ1v) is 7.68. The zero-order valence-electron chi connectivity index (χ0n) is 13.9. The van der Waals surface area contributed by atoms with E-state index in [0.29, 0.717) is 17.1 Å². The first-order chi connectivity index (χ1) is 11.7. The summed E-state index contributed by atoms with van der Waals surface area (Å²) >= 11 is 5.94. The highest BCUT2D eigenvalue weighted by atomic mass is 35.5. The van der Waals surface area contributed by atoms with Crippen LogP contribution in [0.3, 0.4) is 0 Å². The van der Waals surface area contributed by atoms with Crippen LogP contribution in [0.1, 0.15) is 36.9 Å². The van der Waals surface area contributed by atoms with Crippen LogP contribution in [-0.4, -0.2) is 29.0 Å². The lowest BCUT2D eigenvalue weighted by atomic mass is 10.1. The number of hydrogen-bond donors (Lipinski definition) is 2. The number of hydrogen-bond acceptors (Lipinski definition) is 5. The molecule has 0 fully saturated rings. The predicted molar refractivity (Wildman–Crippen MR) is 93.1 cm³/mol. The number of nitrogens with zero attached hydrogens (tertiary/aromatic N) is 1. The second-order valence-corrected chi connectivity index (χ2v) is 6.48. The monoisotopic (exact) mass is 364 g/mol. The molecule has 2 aromatic rings. The van der Waals surface area contributed by atoms with E-state index in [2.05, 4.69) is 10.5 Å². The van der Waals surface area contributed by atoms with Crippen molar-refractivity contribution in [1.29, 1.82) is 0 Å².